The Morgan fingerprint density at radius 3 is 3.00 bits per heavy atom. The molecule has 1 heterocycles. The highest BCUT2D eigenvalue weighted by molar-refractivity contribution is 6.18. The third-order valence-corrected chi connectivity index (χ3v) is 3.08. The average Bonchev–Trinajstić information content (AvgIpc) is 2.78. The number of aromatic nitrogens is 3. The lowest BCUT2D eigenvalue weighted by atomic mass is 10.1. The Kier molecular flexibility index (Phi) is 2.41. The van der Waals surface area contributed by atoms with Crippen molar-refractivity contribution < 1.29 is 4.79 Å². The van der Waals surface area contributed by atoms with Gasteiger partial charge in [0.2, 0.25) is 0 Å². The summed E-state index contributed by atoms with van der Waals surface area (Å²) in [6.07, 6.45) is 3.58. The number of aromatic amines is 1. The Labute approximate surface area is 86.2 Å². The summed E-state index contributed by atoms with van der Waals surface area (Å²) in [5.74, 6) is 0.404. The molecule has 0 saturated heterocycles. The van der Waals surface area contributed by atoms with Crippen LogP contribution in [0.25, 0.3) is 0 Å². The zero-order chi connectivity index (χ0) is 10.0. The van der Waals surface area contributed by atoms with E-state index in [1.54, 1.807) is 0 Å². The molecule has 0 atom stereocenters. The molecular formula is C8H11ClN4O. The molecule has 5 nitrogen and oxygen atoms in total. The molecule has 0 aromatic carbocycles. The number of H-pyrrole nitrogens is 1. The molecule has 0 spiro atoms. The van der Waals surface area contributed by atoms with Crippen LogP contribution in [0.15, 0.2) is 6.20 Å². The highest BCUT2D eigenvalue weighted by Crippen LogP contribution is 2.45. The molecule has 14 heavy (non-hydrogen) atoms. The normalized spacial score (nSPS) is 17.8. The number of nitrogens with zero attached hydrogens (tertiary/aromatic N) is 2. The van der Waals surface area contributed by atoms with Crippen LogP contribution in [0.4, 0.5) is 0 Å². The number of carbonyl (C=O) groups excluding carboxylic acids is 1. The predicted molar refractivity (Wildman–Crippen MR) is 51.1 cm³/mol. The molecule has 1 aliphatic carbocycles. The molecule has 0 unspecified atom stereocenters. The van der Waals surface area contributed by atoms with Crippen LogP contribution >= 0.6 is 11.6 Å². The molecule has 1 aromatic heterocycles. The summed E-state index contributed by atoms with van der Waals surface area (Å²) in [7, 11) is 0. The van der Waals surface area contributed by atoms with E-state index in [2.05, 4.69) is 20.7 Å². The Morgan fingerprint density at radius 1 is 1.71 bits per heavy atom. The highest BCUT2D eigenvalue weighted by atomic mass is 35.5. The van der Waals surface area contributed by atoms with Crippen molar-refractivity contribution in [2.75, 3.05) is 12.4 Å². The first-order chi connectivity index (χ1) is 6.76. The first-order valence-electron chi connectivity index (χ1n) is 4.46. The Balaban J connectivity index is 1.84. The van der Waals surface area contributed by atoms with Crippen LogP contribution in [0.3, 0.4) is 0 Å². The minimum Gasteiger partial charge on any atom is -0.350 e. The lowest BCUT2D eigenvalue weighted by Crippen LogP contribution is -2.31. The fourth-order valence-electron chi connectivity index (χ4n) is 1.20. The summed E-state index contributed by atoms with van der Waals surface area (Å²) in [5.41, 5.74) is 0.455. The third kappa shape index (κ3) is 1.87. The van der Waals surface area contributed by atoms with Crippen LogP contribution in [-0.4, -0.2) is 33.7 Å². The molecule has 1 aromatic rings. The number of alkyl halides is 1. The molecule has 2 N–H and O–H groups in total. The molecular weight excluding hydrogens is 204 g/mol. The maximum Gasteiger partial charge on any atom is 0.273 e. The first kappa shape index (κ1) is 9.45. The van der Waals surface area contributed by atoms with E-state index >= 15 is 0 Å². The topological polar surface area (TPSA) is 70.7 Å². The number of hydrogen-bond donors (Lipinski definition) is 2. The fraction of sp³-hybridized carbons (Fsp3) is 0.625. The minimum atomic E-state index is -0.199. The van der Waals surface area contributed by atoms with E-state index in [0.717, 1.165) is 12.8 Å². The summed E-state index contributed by atoms with van der Waals surface area (Å²) in [4.78, 5) is 11.4. The molecule has 1 saturated carbocycles. The monoisotopic (exact) mass is 214 g/mol. The molecule has 1 fully saturated rings. The average molecular weight is 215 g/mol. The summed E-state index contributed by atoms with van der Waals surface area (Å²) in [5, 5.41) is 12.4. The van der Waals surface area contributed by atoms with E-state index in [1.165, 1.54) is 6.20 Å². The van der Waals surface area contributed by atoms with E-state index in [0.29, 0.717) is 18.1 Å². The summed E-state index contributed by atoms with van der Waals surface area (Å²) >= 11 is 5.78. The summed E-state index contributed by atoms with van der Waals surface area (Å²) in [6, 6.07) is 0. The van der Waals surface area contributed by atoms with Crippen molar-refractivity contribution in [1.82, 2.24) is 20.7 Å². The van der Waals surface area contributed by atoms with Gasteiger partial charge in [-0.2, -0.15) is 15.4 Å². The van der Waals surface area contributed by atoms with Gasteiger partial charge in [0.05, 0.1) is 6.20 Å². The second kappa shape index (κ2) is 3.57. The van der Waals surface area contributed by atoms with Gasteiger partial charge in [0, 0.05) is 17.8 Å². The van der Waals surface area contributed by atoms with E-state index in [4.69, 9.17) is 11.6 Å². The number of rotatable bonds is 4. The fourth-order valence-corrected chi connectivity index (χ4v) is 1.57. The van der Waals surface area contributed by atoms with Crippen LogP contribution in [0.1, 0.15) is 23.3 Å². The van der Waals surface area contributed by atoms with E-state index < -0.39 is 0 Å². The summed E-state index contributed by atoms with van der Waals surface area (Å²) in [6.45, 7) is 0.627. The van der Waals surface area contributed by atoms with Crippen molar-refractivity contribution in [3.05, 3.63) is 11.9 Å². The molecule has 1 aliphatic rings. The van der Waals surface area contributed by atoms with Crippen LogP contribution in [0.5, 0.6) is 0 Å². The van der Waals surface area contributed by atoms with Crippen LogP contribution in [0, 0.1) is 5.41 Å². The van der Waals surface area contributed by atoms with Crippen molar-refractivity contribution >= 4 is 17.5 Å². The van der Waals surface area contributed by atoms with E-state index in [-0.39, 0.29) is 11.3 Å². The van der Waals surface area contributed by atoms with Crippen molar-refractivity contribution in [2.45, 2.75) is 12.8 Å². The summed E-state index contributed by atoms with van der Waals surface area (Å²) < 4.78 is 0. The van der Waals surface area contributed by atoms with E-state index in [9.17, 15) is 4.79 Å². The molecule has 0 bridgehead atoms. The maximum absolute atomic E-state index is 11.4. The van der Waals surface area contributed by atoms with Crippen LogP contribution < -0.4 is 5.32 Å². The Morgan fingerprint density at radius 2 is 2.50 bits per heavy atom. The number of nitrogens with one attached hydrogen (secondary N) is 2. The zero-order valence-corrected chi connectivity index (χ0v) is 8.34. The quantitative estimate of drug-likeness (QED) is 0.720. The molecule has 6 heteroatoms. The number of carbonyl (C=O) groups is 1. The largest absolute Gasteiger partial charge is 0.350 e. The smallest absolute Gasteiger partial charge is 0.273 e. The van der Waals surface area contributed by atoms with Crippen molar-refractivity contribution in [1.29, 1.82) is 0 Å². The first-order valence-corrected chi connectivity index (χ1v) is 4.99. The zero-order valence-electron chi connectivity index (χ0n) is 7.59. The van der Waals surface area contributed by atoms with Gasteiger partial charge in [0.1, 0.15) is 0 Å². The lowest BCUT2D eigenvalue weighted by molar-refractivity contribution is 0.0941. The minimum absolute atomic E-state index is 0.140. The van der Waals surface area contributed by atoms with Crippen LogP contribution in [-0.2, 0) is 0 Å². The van der Waals surface area contributed by atoms with Gasteiger partial charge in [-0.05, 0) is 12.8 Å². The van der Waals surface area contributed by atoms with Gasteiger partial charge in [-0.25, -0.2) is 0 Å². The van der Waals surface area contributed by atoms with Crippen LogP contribution in [0.2, 0.25) is 0 Å². The van der Waals surface area contributed by atoms with Gasteiger partial charge in [0.25, 0.3) is 5.91 Å². The SMILES string of the molecule is O=C(NCC1(CCl)CC1)c1cn[nH]n1. The van der Waals surface area contributed by atoms with Gasteiger partial charge in [-0.3, -0.25) is 4.79 Å². The molecule has 76 valence electrons. The van der Waals surface area contributed by atoms with E-state index in [1.807, 2.05) is 0 Å². The predicted octanol–water partition coefficient (Wildman–Crippen LogP) is 0.553. The second-order valence-electron chi connectivity index (χ2n) is 3.67. The molecule has 2 rings (SSSR count). The van der Waals surface area contributed by atoms with Crippen molar-refractivity contribution in [2.24, 2.45) is 5.41 Å². The van der Waals surface area contributed by atoms with Gasteiger partial charge in [-0.15, -0.1) is 11.6 Å². The maximum atomic E-state index is 11.4. The molecule has 0 aliphatic heterocycles. The number of hydrogen-bond acceptors (Lipinski definition) is 3. The highest BCUT2D eigenvalue weighted by Gasteiger charge is 2.41. The van der Waals surface area contributed by atoms with Gasteiger partial charge in [0.15, 0.2) is 5.69 Å². The lowest BCUT2D eigenvalue weighted by Gasteiger charge is -2.10. The number of amides is 1. The van der Waals surface area contributed by atoms with Gasteiger partial charge in [-0.1, -0.05) is 0 Å². The van der Waals surface area contributed by atoms with Gasteiger partial charge < -0.3 is 5.32 Å². The number of halogens is 1. The van der Waals surface area contributed by atoms with Crippen molar-refractivity contribution in [3.63, 3.8) is 0 Å². The standard InChI is InChI=1S/C8H11ClN4O/c9-4-8(1-2-8)5-10-7(14)6-3-11-13-12-6/h3H,1-2,4-5H2,(H,10,14)(H,11,12,13). The second-order valence-corrected chi connectivity index (χ2v) is 3.94. The Bertz CT molecular complexity index is 320. The van der Waals surface area contributed by atoms with Gasteiger partial charge >= 0.3 is 0 Å². The van der Waals surface area contributed by atoms with Crippen molar-refractivity contribution in [3.8, 4) is 0 Å². The molecule has 0 radical (unpaired) electrons. The molecule has 1 amide bonds. The Hall–Kier alpha value is -1.10. The third-order valence-electron chi connectivity index (χ3n) is 2.51.